The van der Waals surface area contributed by atoms with Gasteiger partial charge in [0.2, 0.25) is 5.91 Å². The lowest BCUT2D eigenvalue weighted by Gasteiger charge is -2.06. The van der Waals surface area contributed by atoms with Gasteiger partial charge in [-0.3, -0.25) is 4.79 Å². The maximum atomic E-state index is 11.4. The van der Waals surface area contributed by atoms with E-state index < -0.39 is 0 Å². The van der Waals surface area contributed by atoms with Gasteiger partial charge >= 0.3 is 0 Å². The topological polar surface area (TPSA) is 66.2 Å². The number of carbonyl (C=O) groups is 1. The summed E-state index contributed by atoms with van der Waals surface area (Å²) in [7, 11) is 1.61. The van der Waals surface area contributed by atoms with Gasteiger partial charge in [-0.25, -0.2) is 0 Å². The van der Waals surface area contributed by atoms with Crippen LogP contribution in [-0.4, -0.2) is 37.7 Å². The second-order valence-electron chi connectivity index (χ2n) is 4.35. The van der Waals surface area contributed by atoms with Crippen molar-refractivity contribution in [2.75, 3.05) is 26.8 Å². The maximum Gasteiger partial charge on any atom is 0.234 e. The van der Waals surface area contributed by atoms with E-state index in [1.807, 2.05) is 12.3 Å². The molecule has 5 heteroatoms. The van der Waals surface area contributed by atoms with Gasteiger partial charge in [0.15, 0.2) is 0 Å². The number of benzene rings is 1. The molecule has 19 heavy (non-hydrogen) atoms. The number of H-pyrrole nitrogens is 1. The van der Waals surface area contributed by atoms with Crippen LogP contribution in [0.25, 0.3) is 10.9 Å². The van der Waals surface area contributed by atoms with Crippen molar-refractivity contribution in [2.45, 2.75) is 6.54 Å². The smallest absolute Gasteiger partial charge is 0.234 e. The van der Waals surface area contributed by atoms with E-state index in [1.54, 1.807) is 7.11 Å². The Hall–Kier alpha value is -1.85. The second-order valence-corrected chi connectivity index (χ2v) is 4.35. The van der Waals surface area contributed by atoms with E-state index in [9.17, 15) is 4.79 Å². The van der Waals surface area contributed by atoms with Gasteiger partial charge in [0, 0.05) is 31.9 Å². The van der Waals surface area contributed by atoms with E-state index in [0.29, 0.717) is 26.2 Å². The van der Waals surface area contributed by atoms with Crippen molar-refractivity contribution < 1.29 is 9.53 Å². The third-order valence-corrected chi connectivity index (χ3v) is 2.86. The van der Waals surface area contributed by atoms with Gasteiger partial charge < -0.3 is 20.4 Å². The van der Waals surface area contributed by atoms with E-state index in [0.717, 1.165) is 11.1 Å². The SMILES string of the molecule is COCCNC(=O)CNCc1ccc2cc[nH]c2c1. The molecule has 5 nitrogen and oxygen atoms in total. The third kappa shape index (κ3) is 4.08. The van der Waals surface area contributed by atoms with Gasteiger partial charge in [-0.2, -0.15) is 0 Å². The monoisotopic (exact) mass is 261 g/mol. The number of amides is 1. The van der Waals surface area contributed by atoms with Crippen molar-refractivity contribution in [2.24, 2.45) is 0 Å². The first kappa shape index (κ1) is 13.6. The number of aromatic nitrogens is 1. The normalized spacial score (nSPS) is 10.8. The highest BCUT2D eigenvalue weighted by Gasteiger charge is 2.01. The molecular formula is C14H19N3O2. The summed E-state index contributed by atoms with van der Waals surface area (Å²) in [6.45, 7) is 2.07. The van der Waals surface area contributed by atoms with E-state index in [-0.39, 0.29) is 5.91 Å². The number of rotatable bonds is 7. The lowest BCUT2D eigenvalue weighted by molar-refractivity contribution is -0.120. The number of nitrogens with one attached hydrogen (secondary N) is 3. The van der Waals surface area contributed by atoms with Crippen LogP contribution in [0.3, 0.4) is 0 Å². The molecule has 0 aliphatic rings. The minimum atomic E-state index is -0.0157. The molecule has 0 spiro atoms. The van der Waals surface area contributed by atoms with Crippen LogP contribution in [-0.2, 0) is 16.1 Å². The van der Waals surface area contributed by atoms with Crippen LogP contribution in [0.1, 0.15) is 5.56 Å². The molecule has 1 aromatic carbocycles. The summed E-state index contributed by atoms with van der Waals surface area (Å²) in [5.74, 6) is -0.0157. The summed E-state index contributed by atoms with van der Waals surface area (Å²) in [6.07, 6.45) is 1.92. The first-order valence-electron chi connectivity index (χ1n) is 6.32. The molecular weight excluding hydrogens is 242 g/mol. The third-order valence-electron chi connectivity index (χ3n) is 2.86. The molecule has 0 unspecified atom stereocenters. The molecule has 2 aromatic rings. The molecule has 1 heterocycles. The van der Waals surface area contributed by atoms with E-state index in [2.05, 4.69) is 33.8 Å². The second kappa shape index (κ2) is 6.92. The quantitative estimate of drug-likeness (QED) is 0.652. The lowest BCUT2D eigenvalue weighted by atomic mass is 10.1. The molecule has 0 aliphatic heterocycles. The van der Waals surface area contributed by atoms with Crippen molar-refractivity contribution in [3.8, 4) is 0 Å². The zero-order valence-corrected chi connectivity index (χ0v) is 11.0. The van der Waals surface area contributed by atoms with Crippen molar-refractivity contribution in [1.82, 2.24) is 15.6 Å². The first-order valence-corrected chi connectivity index (χ1v) is 6.32. The van der Waals surface area contributed by atoms with Gasteiger partial charge in [-0.1, -0.05) is 12.1 Å². The summed E-state index contributed by atoms with van der Waals surface area (Å²) < 4.78 is 4.86. The molecule has 102 valence electrons. The lowest BCUT2D eigenvalue weighted by Crippen LogP contribution is -2.35. The molecule has 1 amide bonds. The molecule has 1 aromatic heterocycles. The Balaban J connectivity index is 1.74. The summed E-state index contributed by atoms with van der Waals surface area (Å²) in [6, 6.07) is 8.26. The highest BCUT2D eigenvalue weighted by molar-refractivity contribution is 5.80. The molecule has 0 aliphatic carbocycles. The van der Waals surface area contributed by atoms with E-state index in [1.165, 1.54) is 5.39 Å². The average Bonchev–Trinajstić information content (AvgIpc) is 2.86. The van der Waals surface area contributed by atoms with E-state index in [4.69, 9.17) is 4.74 Å². The number of aromatic amines is 1. The van der Waals surface area contributed by atoms with Crippen LogP contribution in [0.4, 0.5) is 0 Å². The Bertz CT molecular complexity index is 536. The Morgan fingerprint density at radius 2 is 2.26 bits per heavy atom. The molecule has 0 atom stereocenters. The van der Waals surface area contributed by atoms with Crippen LogP contribution in [0, 0.1) is 0 Å². The zero-order chi connectivity index (χ0) is 13.5. The van der Waals surface area contributed by atoms with Crippen molar-refractivity contribution in [3.05, 3.63) is 36.0 Å². The summed E-state index contributed by atoms with van der Waals surface area (Å²) >= 11 is 0. The fourth-order valence-corrected chi connectivity index (χ4v) is 1.88. The Morgan fingerprint density at radius 1 is 1.37 bits per heavy atom. The number of methoxy groups -OCH3 is 1. The van der Waals surface area contributed by atoms with Crippen molar-refractivity contribution >= 4 is 16.8 Å². The minimum Gasteiger partial charge on any atom is -0.383 e. The van der Waals surface area contributed by atoms with Gasteiger partial charge in [0.25, 0.3) is 0 Å². The fraction of sp³-hybridized carbons (Fsp3) is 0.357. The maximum absolute atomic E-state index is 11.4. The minimum absolute atomic E-state index is 0.0157. The van der Waals surface area contributed by atoms with Crippen LogP contribution < -0.4 is 10.6 Å². The summed E-state index contributed by atoms with van der Waals surface area (Å²) in [4.78, 5) is 14.6. The van der Waals surface area contributed by atoms with Gasteiger partial charge in [0.1, 0.15) is 0 Å². The highest BCUT2D eigenvalue weighted by Crippen LogP contribution is 2.13. The predicted molar refractivity (Wildman–Crippen MR) is 74.9 cm³/mol. The fourth-order valence-electron chi connectivity index (χ4n) is 1.88. The van der Waals surface area contributed by atoms with Gasteiger partial charge in [-0.15, -0.1) is 0 Å². The standard InChI is InChI=1S/C14H19N3O2/c1-19-7-6-17-14(18)10-15-9-11-2-3-12-4-5-16-13(12)8-11/h2-5,8,15-16H,6-7,9-10H2,1H3,(H,17,18). The molecule has 0 bridgehead atoms. The van der Waals surface area contributed by atoms with E-state index >= 15 is 0 Å². The van der Waals surface area contributed by atoms with Gasteiger partial charge in [0.05, 0.1) is 13.2 Å². The number of fused-ring (bicyclic) bond motifs is 1. The first-order chi connectivity index (χ1) is 9.29. The van der Waals surface area contributed by atoms with Crippen LogP contribution in [0.2, 0.25) is 0 Å². The zero-order valence-electron chi connectivity index (χ0n) is 11.0. The summed E-state index contributed by atoms with van der Waals surface area (Å²) in [5.41, 5.74) is 2.27. The van der Waals surface area contributed by atoms with Gasteiger partial charge in [-0.05, 0) is 23.1 Å². The predicted octanol–water partition coefficient (Wildman–Crippen LogP) is 1.02. The molecule has 2 rings (SSSR count). The number of hydrogen-bond acceptors (Lipinski definition) is 3. The number of hydrogen-bond donors (Lipinski definition) is 3. The Morgan fingerprint density at radius 3 is 3.11 bits per heavy atom. The number of ether oxygens (including phenoxy) is 1. The highest BCUT2D eigenvalue weighted by atomic mass is 16.5. The molecule has 0 saturated carbocycles. The largest absolute Gasteiger partial charge is 0.383 e. The van der Waals surface area contributed by atoms with Crippen LogP contribution in [0.15, 0.2) is 30.5 Å². The van der Waals surface area contributed by atoms with Crippen LogP contribution in [0.5, 0.6) is 0 Å². The molecule has 3 N–H and O–H groups in total. The molecule has 0 radical (unpaired) electrons. The Kier molecular flexibility index (Phi) is 4.94. The molecule has 0 fully saturated rings. The average molecular weight is 261 g/mol. The van der Waals surface area contributed by atoms with Crippen LogP contribution >= 0.6 is 0 Å². The molecule has 0 saturated heterocycles. The van der Waals surface area contributed by atoms with Crippen molar-refractivity contribution in [3.63, 3.8) is 0 Å². The number of carbonyl (C=O) groups excluding carboxylic acids is 1. The Labute approximate surface area is 112 Å². The summed E-state index contributed by atoms with van der Waals surface area (Å²) in [5, 5.41) is 7.08. The van der Waals surface area contributed by atoms with Crippen molar-refractivity contribution in [1.29, 1.82) is 0 Å².